The van der Waals surface area contributed by atoms with E-state index in [9.17, 15) is 14.4 Å². The average Bonchev–Trinajstić information content (AvgIpc) is 2.92. The van der Waals surface area contributed by atoms with Gasteiger partial charge < -0.3 is 10.1 Å². The highest BCUT2D eigenvalue weighted by molar-refractivity contribution is 6.53. The number of anilines is 2. The molecule has 150 valence electrons. The van der Waals surface area contributed by atoms with Crippen molar-refractivity contribution < 1.29 is 19.1 Å². The van der Waals surface area contributed by atoms with Gasteiger partial charge in [0.25, 0.3) is 11.8 Å². The number of ether oxygens (including phenoxy) is 1. The molecular weight excluding hydrogens is 392 g/mol. The van der Waals surface area contributed by atoms with Crippen LogP contribution in [-0.4, -0.2) is 24.4 Å². The Morgan fingerprint density at radius 3 is 2.41 bits per heavy atom. The summed E-state index contributed by atoms with van der Waals surface area (Å²) in [6, 6.07) is 11.8. The fourth-order valence-corrected chi connectivity index (χ4v) is 3.13. The lowest BCUT2D eigenvalue weighted by Crippen LogP contribution is -2.33. The van der Waals surface area contributed by atoms with Crippen LogP contribution in [0.4, 0.5) is 11.4 Å². The van der Waals surface area contributed by atoms with Gasteiger partial charge in [0.2, 0.25) is 0 Å². The molecule has 1 heterocycles. The van der Waals surface area contributed by atoms with Gasteiger partial charge >= 0.3 is 5.97 Å². The number of carbonyl (C=O) groups excluding carboxylic acids is 3. The molecule has 2 aromatic rings. The average molecular weight is 413 g/mol. The second-order valence-corrected chi connectivity index (χ2v) is 7.07. The van der Waals surface area contributed by atoms with Gasteiger partial charge in [0.15, 0.2) is 0 Å². The van der Waals surface area contributed by atoms with Crippen LogP contribution in [0.25, 0.3) is 0 Å². The maximum atomic E-state index is 12.9. The molecule has 1 aliphatic heterocycles. The molecule has 0 spiro atoms. The van der Waals surface area contributed by atoms with Gasteiger partial charge in [0, 0.05) is 5.69 Å². The van der Waals surface area contributed by atoms with E-state index in [0.717, 1.165) is 22.4 Å². The molecule has 2 aromatic carbocycles. The van der Waals surface area contributed by atoms with Crippen LogP contribution in [0.3, 0.4) is 0 Å². The maximum Gasteiger partial charge on any atom is 0.338 e. The van der Waals surface area contributed by atoms with E-state index in [1.807, 2.05) is 26.8 Å². The lowest BCUT2D eigenvalue weighted by molar-refractivity contribution is -0.120. The molecule has 0 fully saturated rings. The van der Waals surface area contributed by atoms with Crippen LogP contribution in [0, 0.1) is 13.8 Å². The van der Waals surface area contributed by atoms with Crippen molar-refractivity contribution in [3.05, 3.63) is 69.9 Å². The summed E-state index contributed by atoms with van der Waals surface area (Å²) in [6.45, 7) is 6.03. The lowest BCUT2D eigenvalue weighted by atomic mass is 10.1. The molecule has 3 rings (SSSR count). The van der Waals surface area contributed by atoms with Gasteiger partial charge in [-0.3, -0.25) is 9.59 Å². The first-order chi connectivity index (χ1) is 13.8. The molecule has 0 aromatic heterocycles. The van der Waals surface area contributed by atoms with Crippen molar-refractivity contribution in [2.45, 2.75) is 27.2 Å². The minimum atomic E-state index is -0.576. The number of hydrogen-bond acceptors (Lipinski definition) is 5. The Morgan fingerprint density at radius 1 is 1.07 bits per heavy atom. The number of aryl methyl sites for hydroxylation is 1. The Kier molecular flexibility index (Phi) is 6.03. The summed E-state index contributed by atoms with van der Waals surface area (Å²) in [4.78, 5) is 38.5. The van der Waals surface area contributed by atoms with Crippen molar-refractivity contribution >= 4 is 40.8 Å². The molecule has 0 saturated heterocycles. The Morgan fingerprint density at radius 2 is 1.76 bits per heavy atom. The molecule has 2 amide bonds. The number of hydrogen-bond donors (Lipinski definition) is 1. The molecule has 0 saturated carbocycles. The minimum Gasteiger partial charge on any atom is -0.462 e. The molecule has 1 N–H and O–H groups in total. The summed E-state index contributed by atoms with van der Waals surface area (Å²) in [7, 11) is 0. The normalized spacial score (nSPS) is 13.9. The Hall–Kier alpha value is -3.12. The summed E-state index contributed by atoms with van der Waals surface area (Å²) in [5, 5.41) is 2.72. The number of halogens is 1. The summed E-state index contributed by atoms with van der Waals surface area (Å²) >= 11 is 6.18. The summed E-state index contributed by atoms with van der Waals surface area (Å²) in [5.74, 6) is -1.52. The quantitative estimate of drug-likeness (QED) is 0.565. The zero-order valence-corrected chi connectivity index (χ0v) is 17.2. The first-order valence-electron chi connectivity index (χ1n) is 9.24. The molecule has 0 radical (unpaired) electrons. The number of esters is 1. The van der Waals surface area contributed by atoms with Gasteiger partial charge in [-0.15, -0.1) is 0 Å². The number of benzene rings is 2. The number of rotatable bonds is 6. The number of carbonyl (C=O) groups is 3. The minimum absolute atomic E-state index is 0.00103. The van der Waals surface area contributed by atoms with Crippen molar-refractivity contribution in [3.8, 4) is 0 Å². The van der Waals surface area contributed by atoms with E-state index in [1.54, 1.807) is 36.4 Å². The van der Waals surface area contributed by atoms with E-state index in [1.165, 1.54) is 0 Å². The number of imide groups is 1. The predicted molar refractivity (Wildman–Crippen MR) is 112 cm³/mol. The highest BCUT2D eigenvalue weighted by Crippen LogP contribution is 2.32. The number of amides is 2. The molecule has 1 aliphatic rings. The van der Waals surface area contributed by atoms with E-state index in [0.29, 0.717) is 23.5 Å². The highest BCUT2D eigenvalue weighted by atomic mass is 35.5. The fraction of sp³-hybridized carbons (Fsp3) is 0.227. The third-order valence-electron chi connectivity index (χ3n) is 4.67. The number of nitrogens with one attached hydrogen (secondary N) is 1. The van der Waals surface area contributed by atoms with Crippen molar-refractivity contribution in [3.63, 3.8) is 0 Å². The van der Waals surface area contributed by atoms with Crippen LogP contribution < -0.4 is 10.2 Å². The largest absolute Gasteiger partial charge is 0.462 e. The summed E-state index contributed by atoms with van der Waals surface area (Å²) in [5.41, 5.74) is 3.22. The van der Waals surface area contributed by atoms with Crippen molar-refractivity contribution in [1.29, 1.82) is 0 Å². The number of nitrogens with zero attached hydrogens (tertiary/aromatic N) is 1. The van der Waals surface area contributed by atoms with E-state index in [4.69, 9.17) is 16.3 Å². The van der Waals surface area contributed by atoms with Crippen LogP contribution in [-0.2, 0) is 14.3 Å². The Balaban J connectivity index is 1.81. The molecule has 29 heavy (non-hydrogen) atoms. The molecule has 0 bridgehead atoms. The Bertz CT molecular complexity index is 1010. The molecule has 6 nitrogen and oxygen atoms in total. The second-order valence-electron chi connectivity index (χ2n) is 6.69. The van der Waals surface area contributed by atoms with Gasteiger partial charge in [-0.05, 0) is 61.7 Å². The first-order valence-corrected chi connectivity index (χ1v) is 9.62. The van der Waals surface area contributed by atoms with Crippen LogP contribution in [0.1, 0.15) is 34.8 Å². The van der Waals surface area contributed by atoms with E-state index in [2.05, 4.69) is 5.32 Å². The third-order valence-corrected chi connectivity index (χ3v) is 5.02. The van der Waals surface area contributed by atoms with Crippen LogP contribution in [0.15, 0.2) is 53.2 Å². The molecular formula is C22H21ClN2O4. The van der Waals surface area contributed by atoms with Crippen LogP contribution in [0.2, 0.25) is 0 Å². The fourth-order valence-electron chi connectivity index (χ4n) is 2.92. The van der Waals surface area contributed by atoms with Crippen LogP contribution >= 0.6 is 11.6 Å². The van der Waals surface area contributed by atoms with Crippen LogP contribution in [0.5, 0.6) is 0 Å². The van der Waals surface area contributed by atoms with Gasteiger partial charge in [-0.1, -0.05) is 30.7 Å². The molecule has 0 atom stereocenters. The first kappa shape index (κ1) is 20.6. The highest BCUT2D eigenvalue weighted by Gasteiger charge is 2.39. The zero-order chi connectivity index (χ0) is 21.1. The van der Waals surface area contributed by atoms with Crippen molar-refractivity contribution in [1.82, 2.24) is 0 Å². The summed E-state index contributed by atoms with van der Waals surface area (Å²) < 4.78 is 5.09. The maximum absolute atomic E-state index is 12.9. The van der Waals surface area contributed by atoms with Gasteiger partial charge in [0.05, 0.1) is 17.9 Å². The standard InChI is InChI=1S/C22H21ClN2O4/c1-4-12-29-22(28)15-8-10-16(11-9-15)24-19-18(23)20(26)25(21(19)27)17-7-5-6-13(2)14(17)3/h5-11,24H,4,12H2,1-3H3. The monoisotopic (exact) mass is 412 g/mol. The molecule has 0 aliphatic carbocycles. The van der Waals surface area contributed by atoms with E-state index >= 15 is 0 Å². The lowest BCUT2D eigenvalue weighted by Gasteiger charge is -2.18. The topological polar surface area (TPSA) is 75.7 Å². The predicted octanol–water partition coefficient (Wildman–Crippen LogP) is 4.31. The van der Waals surface area contributed by atoms with Crippen molar-refractivity contribution in [2.75, 3.05) is 16.8 Å². The second kappa shape index (κ2) is 8.49. The van der Waals surface area contributed by atoms with Gasteiger partial charge in [-0.25, -0.2) is 9.69 Å². The summed E-state index contributed by atoms with van der Waals surface area (Å²) in [6.07, 6.45) is 0.741. The smallest absolute Gasteiger partial charge is 0.338 e. The van der Waals surface area contributed by atoms with E-state index in [-0.39, 0.29) is 10.7 Å². The Labute approximate surface area is 174 Å². The van der Waals surface area contributed by atoms with Gasteiger partial charge in [-0.2, -0.15) is 0 Å². The SMILES string of the molecule is CCCOC(=O)c1ccc(NC2=C(Cl)C(=O)N(c3cccc(C)c3C)C2=O)cc1. The molecule has 0 unspecified atom stereocenters. The van der Waals surface area contributed by atoms with Crippen molar-refractivity contribution in [2.24, 2.45) is 0 Å². The van der Waals surface area contributed by atoms with Gasteiger partial charge in [0.1, 0.15) is 10.7 Å². The third kappa shape index (κ3) is 4.03. The zero-order valence-electron chi connectivity index (χ0n) is 16.4. The molecule has 7 heteroatoms. The van der Waals surface area contributed by atoms with E-state index < -0.39 is 17.8 Å².